The van der Waals surface area contributed by atoms with E-state index < -0.39 is 5.95 Å². The molecule has 3 heterocycles. The highest BCUT2D eigenvalue weighted by Gasteiger charge is 2.20. The zero-order chi connectivity index (χ0) is 14.2. The molecule has 3 aromatic rings. The van der Waals surface area contributed by atoms with Crippen molar-refractivity contribution in [1.82, 2.24) is 20.2 Å². The Morgan fingerprint density at radius 1 is 1.24 bits per heavy atom. The third kappa shape index (κ3) is 2.29. The van der Waals surface area contributed by atoms with Gasteiger partial charge in [0, 0.05) is 16.1 Å². The number of nitrogens with one attached hydrogen (secondary N) is 2. The second-order valence-corrected chi connectivity index (χ2v) is 5.96. The molecule has 0 fully saturated rings. The quantitative estimate of drug-likeness (QED) is 0.713. The van der Waals surface area contributed by atoms with Crippen molar-refractivity contribution in [1.29, 1.82) is 0 Å². The molecular weight excluding hydrogens is 289 g/mol. The number of fused-ring (bicyclic) bond motifs is 3. The molecule has 0 aliphatic heterocycles. The second kappa shape index (κ2) is 4.92. The molecule has 0 bridgehead atoms. The fourth-order valence-electron chi connectivity index (χ4n) is 2.51. The number of aryl methyl sites for hydroxylation is 2. The van der Waals surface area contributed by atoms with Crippen LogP contribution in [0, 0.1) is 5.95 Å². The monoisotopic (exact) mass is 301 g/mol. The summed E-state index contributed by atoms with van der Waals surface area (Å²) in [7, 11) is 0. The van der Waals surface area contributed by atoms with E-state index in [4.69, 9.17) is 0 Å². The van der Waals surface area contributed by atoms with E-state index in [1.54, 1.807) is 23.5 Å². The van der Waals surface area contributed by atoms with Crippen LogP contribution in [0.4, 0.5) is 15.3 Å². The predicted molar refractivity (Wildman–Crippen MR) is 79.2 cm³/mol. The van der Waals surface area contributed by atoms with E-state index >= 15 is 0 Å². The standard InChI is InChI=1S/C14H12FN5S/c15-11-5-2-6-12(17-11)18-14-19-13-8-7-16-20-9(8)3-1-4-10(13)21-14/h2,5-7H,1,3-4H2,(H,16,20)(H,17,18,19). The van der Waals surface area contributed by atoms with Gasteiger partial charge >= 0.3 is 0 Å². The summed E-state index contributed by atoms with van der Waals surface area (Å²) in [4.78, 5) is 9.66. The fraction of sp³-hybridized carbons (Fsp3) is 0.214. The molecule has 0 spiro atoms. The van der Waals surface area contributed by atoms with Crippen LogP contribution in [0.5, 0.6) is 0 Å². The Morgan fingerprint density at radius 2 is 2.19 bits per heavy atom. The first-order valence-corrected chi connectivity index (χ1v) is 7.53. The lowest BCUT2D eigenvalue weighted by Gasteiger charge is -2.00. The van der Waals surface area contributed by atoms with Gasteiger partial charge in [0.25, 0.3) is 0 Å². The maximum Gasteiger partial charge on any atom is 0.214 e. The Balaban J connectivity index is 1.70. The van der Waals surface area contributed by atoms with Crippen LogP contribution < -0.4 is 5.32 Å². The average molecular weight is 301 g/mol. The first kappa shape index (κ1) is 12.5. The highest BCUT2D eigenvalue weighted by Crippen LogP contribution is 2.36. The molecule has 0 atom stereocenters. The molecule has 0 saturated heterocycles. The lowest BCUT2D eigenvalue weighted by Crippen LogP contribution is -1.94. The summed E-state index contributed by atoms with van der Waals surface area (Å²) in [5.74, 6) is -0.0402. The zero-order valence-corrected chi connectivity index (χ0v) is 11.9. The third-order valence-corrected chi connectivity index (χ3v) is 4.48. The van der Waals surface area contributed by atoms with Crippen LogP contribution in [0.15, 0.2) is 24.4 Å². The van der Waals surface area contributed by atoms with E-state index in [2.05, 4.69) is 25.5 Å². The van der Waals surface area contributed by atoms with E-state index in [9.17, 15) is 4.39 Å². The summed E-state index contributed by atoms with van der Waals surface area (Å²) in [6.45, 7) is 0. The summed E-state index contributed by atoms with van der Waals surface area (Å²) in [5.41, 5.74) is 3.17. The Morgan fingerprint density at radius 3 is 3.10 bits per heavy atom. The molecular formula is C14H12FN5S. The van der Waals surface area contributed by atoms with Gasteiger partial charge in [-0.1, -0.05) is 6.07 Å². The van der Waals surface area contributed by atoms with E-state index in [0.29, 0.717) is 5.82 Å². The number of thiazole rings is 1. The van der Waals surface area contributed by atoms with Crippen molar-refractivity contribution in [2.75, 3.05) is 5.32 Å². The Hall–Kier alpha value is -2.28. The molecule has 1 aliphatic carbocycles. The van der Waals surface area contributed by atoms with E-state index in [0.717, 1.165) is 41.3 Å². The van der Waals surface area contributed by atoms with Crippen molar-refractivity contribution < 1.29 is 4.39 Å². The molecule has 0 aromatic carbocycles. The summed E-state index contributed by atoms with van der Waals surface area (Å²) in [5, 5.41) is 10.9. The summed E-state index contributed by atoms with van der Waals surface area (Å²) >= 11 is 1.59. The minimum Gasteiger partial charge on any atom is -0.316 e. The number of aromatic amines is 1. The number of anilines is 2. The number of H-pyrrole nitrogens is 1. The molecule has 0 radical (unpaired) electrons. The number of rotatable bonds is 2. The van der Waals surface area contributed by atoms with Crippen molar-refractivity contribution in [3.8, 4) is 11.3 Å². The van der Waals surface area contributed by atoms with Crippen LogP contribution in [0.3, 0.4) is 0 Å². The van der Waals surface area contributed by atoms with Gasteiger partial charge in [-0.15, -0.1) is 11.3 Å². The molecule has 0 amide bonds. The first-order chi connectivity index (χ1) is 10.3. The highest BCUT2D eigenvalue weighted by atomic mass is 32.1. The number of hydrogen-bond donors (Lipinski definition) is 2. The molecule has 7 heteroatoms. The second-order valence-electron chi connectivity index (χ2n) is 4.88. The number of aromatic nitrogens is 4. The van der Waals surface area contributed by atoms with Crippen molar-refractivity contribution in [2.45, 2.75) is 19.3 Å². The number of nitrogens with zero attached hydrogens (tertiary/aromatic N) is 3. The van der Waals surface area contributed by atoms with Gasteiger partial charge in [0.2, 0.25) is 5.95 Å². The molecule has 3 aromatic heterocycles. The van der Waals surface area contributed by atoms with Crippen LogP contribution in [0.1, 0.15) is 17.0 Å². The Labute approximate surface area is 124 Å². The minimum atomic E-state index is -0.504. The Bertz CT molecular complexity index is 794. The van der Waals surface area contributed by atoms with Gasteiger partial charge in [0.05, 0.1) is 11.9 Å². The summed E-state index contributed by atoms with van der Waals surface area (Å²) in [6.07, 6.45) is 4.88. The van der Waals surface area contributed by atoms with Gasteiger partial charge in [0.1, 0.15) is 5.82 Å². The summed E-state index contributed by atoms with van der Waals surface area (Å²) < 4.78 is 13.1. The molecule has 21 heavy (non-hydrogen) atoms. The molecule has 4 rings (SSSR count). The lowest BCUT2D eigenvalue weighted by molar-refractivity contribution is 0.585. The largest absolute Gasteiger partial charge is 0.316 e. The normalized spacial score (nSPS) is 13.4. The molecule has 5 nitrogen and oxygen atoms in total. The highest BCUT2D eigenvalue weighted by molar-refractivity contribution is 7.16. The van der Waals surface area contributed by atoms with Crippen molar-refractivity contribution >= 4 is 22.3 Å². The smallest absolute Gasteiger partial charge is 0.214 e. The maximum absolute atomic E-state index is 13.1. The van der Waals surface area contributed by atoms with Gasteiger partial charge < -0.3 is 5.32 Å². The fourth-order valence-corrected chi connectivity index (χ4v) is 3.53. The van der Waals surface area contributed by atoms with Crippen LogP contribution in [0.25, 0.3) is 11.3 Å². The lowest BCUT2D eigenvalue weighted by atomic mass is 10.2. The first-order valence-electron chi connectivity index (χ1n) is 6.71. The van der Waals surface area contributed by atoms with Crippen molar-refractivity contribution in [3.05, 3.63) is 40.9 Å². The molecule has 0 unspecified atom stereocenters. The van der Waals surface area contributed by atoms with Gasteiger partial charge in [-0.3, -0.25) is 5.10 Å². The van der Waals surface area contributed by atoms with Crippen LogP contribution in [-0.4, -0.2) is 20.2 Å². The molecule has 0 saturated carbocycles. The zero-order valence-electron chi connectivity index (χ0n) is 11.1. The van der Waals surface area contributed by atoms with Crippen LogP contribution in [-0.2, 0) is 12.8 Å². The average Bonchev–Trinajstić information content (AvgIpc) is 3.03. The van der Waals surface area contributed by atoms with E-state index in [1.165, 1.54) is 10.9 Å². The molecule has 106 valence electrons. The Kier molecular flexibility index (Phi) is 2.92. The number of pyridine rings is 1. The number of halogens is 1. The van der Waals surface area contributed by atoms with Crippen LogP contribution >= 0.6 is 11.3 Å². The molecule has 2 N–H and O–H groups in total. The van der Waals surface area contributed by atoms with Gasteiger partial charge in [-0.2, -0.15) is 9.49 Å². The third-order valence-electron chi connectivity index (χ3n) is 3.45. The predicted octanol–water partition coefficient (Wildman–Crippen LogP) is 3.30. The minimum absolute atomic E-state index is 0.464. The van der Waals surface area contributed by atoms with Crippen LogP contribution in [0.2, 0.25) is 0 Å². The van der Waals surface area contributed by atoms with Gasteiger partial charge in [-0.25, -0.2) is 9.97 Å². The SMILES string of the molecule is Fc1cccc(Nc2nc3c(s2)CCCc2[nH]ncc2-3)n1. The molecule has 1 aliphatic rings. The van der Waals surface area contributed by atoms with Crippen molar-refractivity contribution in [2.24, 2.45) is 0 Å². The number of hydrogen-bond acceptors (Lipinski definition) is 5. The van der Waals surface area contributed by atoms with Gasteiger partial charge in [-0.05, 0) is 31.4 Å². The maximum atomic E-state index is 13.1. The topological polar surface area (TPSA) is 66.5 Å². The van der Waals surface area contributed by atoms with E-state index in [1.807, 2.05) is 6.20 Å². The van der Waals surface area contributed by atoms with Crippen molar-refractivity contribution in [3.63, 3.8) is 0 Å². The van der Waals surface area contributed by atoms with Gasteiger partial charge in [0.15, 0.2) is 5.13 Å². The van der Waals surface area contributed by atoms with E-state index in [-0.39, 0.29) is 0 Å². The summed E-state index contributed by atoms with van der Waals surface area (Å²) in [6, 6.07) is 4.66.